The van der Waals surface area contributed by atoms with Gasteiger partial charge in [0.15, 0.2) is 0 Å². The molecule has 0 spiro atoms. The Morgan fingerprint density at radius 3 is 0.686 bits per heavy atom. The number of rotatable bonds is 0. The molecular formula is C18H24B2F8N6Ru. The molecule has 0 saturated carbocycles. The van der Waals surface area contributed by atoms with Gasteiger partial charge in [-0.2, -0.15) is 0 Å². The minimum Gasteiger partial charge on any atom is -0.418 e. The predicted octanol–water partition coefficient (Wildman–Crippen LogP) is 5.54. The van der Waals surface area contributed by atoms with Gasteiger partial charge in [0.25, 0.3) is 0 Å². The molecule has 17 heteroatoms. The second kappa shape index (κ2) is 21.6. The molecular weight excluding hydrogens is 575 g/mol. The van der Waals surface area contributed by atoms with E-state index in [4.69, 9.17) is 0 Å². The second-order valence-electron chi connectivity index (χ2n) is 5.83. The van der Waals surface area contributed by atoms with E-state index in [1.807, 2.05) is 89.8 Å². The van der Waals surface area contributed by atoms with Gasteiger partial charge < -0.3 is 48.2 Å². The van der Waals surface area contributed by atoms with Crippen molar-refractivity contribution in [2.45, 2.75) is 0 Å². The summed E-state index contributed by atoms with van der Waals surface area (Å²) in [6.45, 7) is 0. The van der Waals surface area contributed by atoms with Gasteiger partial charge in [0.2, 0.25) is 0 Å². The van der Waals surface area contributed by atoms with Gasteiger partial charge in [-0.05, 0) is 0 Å². The summed E-state index contributed by atoms with van der Waals surface area (Å²) in [4.78, 5) is 11.4. The number of benzene rings is 1. The summed E-state index contributed by atoms with van der Waals surface area (Å²) in [5.41, 5.74) is 0. The molecule has 35 heavy (non-hydrogen) atoms. The van der Waals surface area contributed by atoms with E-state index in [-0.39, 0.29) is 19.5 Å². The first-order valence-electron chi connectivity index (χ1n) is 9.19. The van der Waals surface area contributed by atoms with Crippen LogP contribution in [0.25, 0.3) is 0 Å². The number of aromatic nitrogens is 6. The molecule has 1 aromatic carbocycles. The number of halogens is 8. The van der Waals surface area contributed by atoms with Crippen LogP contribution in [-0.2, 0) is 40.6 Å². The molecule has 0 aliphatic heterocycles. The topological polar surface area (TPSA) is 53.5 Å². The van der Waals surface area contributed by atoms with E-state index >= 15 is 0 Å². The number of imidazole rings is 3. The second-order valence-corrected chi connectivity index (χ2v) is 5.83. The van der Waals surface area contributed by atoms with Gasteiger partial charge in [0, 0.05) is 58.3 Å². The third-order valence-corrected chi connectivity index (χ3v) is 2.58. The minimum atomic E-state index is -6.00. The molecule has 0 aliphatic carbocycles. The van der Waals surface area contributed by atoms with Crippen molar-refractivity contribution in [2.75, 3.05) is 0 Å². The SMILES string of the molecule is Cn1ccnc1.Cn1ccnc1.Cn1ccnc1.F[B-](F)(F)F.F[B-](F)(F)F.[Ru+2].c1ccccc1. The molecule has 0 N–H and O–H groups in total. The summed E-state index contributed by atoms with van der Waals surface area (Å²) < 4.78 is 83.7. The molecule has 4 rings (SSSR count). The summed E-state index contributed by atoms with van der Waals surface area (Å²) >= 11 is 0. The molecule has 0 fully saturated rings. The fourth-order valence-corrected chi connectivity index (χ4v) is 1.36. The van der Waals surface area contributed by atoms with E-state index in [0.717, 1.165) is 0 Å². The van der Waals surface area contributed by atoms with E-state index in [2.05, 4.69) is 15.0 Å². The Bertz CT molecular complexity index is 764. The number of aryl methyl sites for hydroxylation is 3. The molecule has 3 aromatic heterocycles. The quantitative estimate of drug-likeness (QED) is 0.197. The monoisotopic (exact) mass is 600 g/mol. The van der Waals surface area contributed by atoms with Crippen LogP contribution in [-0.4, -0.2) is 43.2 Å². The first kappa shape index (κ1) is 36.6. The zero-order chi connectivity index (χ0) is 26.5. The van der Waals surface area contributed by atoms with Gasteiger partial charge in [-0.25, -0.2) is 15.0 Å². The van der Waals surface area contributed by atoms with E-state index in [1.165, 1.54) is 0 Å². The van der Waals surface area contributed by atoms with Crippen LogP contribution in [0.2, 0.25) is 0 Å². The van der Waals surface area contributed by atoms with Gasteiger partial charge in [0.05, 0.1) is 19.0 Å². The standard InChI is InChI=1S/C6H6.3C4H6N2.2BF4.Ru/c1-2-4-6-5-3-1;3*1-6-3-2-5-4-6;2*2-1(3,4)5;/h1-6H;3*2-4H,1H3;;;/q;;;;2*-1;+2. The van der Waals surface area contributed by atoms with Crippen LogP contribution in [0.3, 0.4) is 0 Å². The van der Waals surface area contributed by atoms with Crippen LogP contribution in [0.15, 0.2) is 92.6 Å². The third kappa shape index (κ3) is 45.3. The number of hydrogen-bond acceptors (Lipinski definition) is 3. The van der Waals surface area contributed by atoms with Gasteiger partial charge in [-0.15, -0.1) is 0 Å². The number of hydrogen-bond donors (Lipinski definition) is 0. The van der Waals surface area contributed by atoms with Crippen molar-refractivity contribution in [2.24, 2.45) is 21.1 Å². The Labute approximate surface area is 211 Å². The van der Waals surface area contributed by atoms with Crippen LogP contribution < -0.4 is 0 Å². The van der Waals surface area contributed by atoms with Gasteiger partial charge in [0.1, 0.15) is 0 Å². The summed E-state index contributed by atoms with van der Waals surface area (Å²) in [6, 6.07) is 12.0. The van der Waals surface area contributed by atoms with Crippen molar-refractivity contribution >= 4 is 14.5 Å². The summed E-state index contributed by atoms with van der Waals surface area (Å²) in [6.07, 6.45) is 16.2. The molecule has 3 heterocycles. The van der Waals surface area contributed by atoms with Gasteiger partial charge in [-0.3, -0.25) is 0 Å². The molecule has 4 aromatic rings. The summed E-state index contributed by atoms with van der Waals surface area (Å²) in [5, 5.41) is 0. The van der Waals surface area contributed by atoms with Crippen molar-refractivity contribution in [1.29, 1.82) is 0 Å². The van der Waals surface area contributed by atoms with Crippen LogP contribution in [0.4, 0.5) is 34.5 Å². The van der Waals surface area contributed by atoms with Crippen LogP contribution >= 0.6 is 0 Å². The normalized spacial score (nSPS) is 9.34. The summed E-state index contributed by atoms with van der Waals surface area (Å²) in [5.74, 6) is 0. The summed E-state index contributed by atoms with van der Waals surface area (Å²) in [7, 11) is -6.19. The average Bonchev–Trinajstić information content (AvgIpc) is 3.48. The van der Waals surface area contributed by atoms with Crippen molar-refractivity contribution < 1.29 is 54.0 Å². The van der Waals surface area contributed by atoms with Crippen LogP contribution in [0.5, 0.6) is 0 Å². The van der Waals surface area contributed by atoms with E-state index in [9.17, 15) is 34.5 Å². The average molecular weight is 599 g/mol. The maximum atomic E-state index is 9.75. The Morgan fingerprint density at radius 1 is 0.457 bits per heavy atom. The van der Waals surface area contributed by atoms with Crippen molar-refractivity contribution in [3.8, 4) is 0 Å². The molecule has 0 bridgehead atoms. The molecule has 0 radical (unpaired) electrons. The Kier molecular flexibility index (Phi) is 22.6. The molecule has 196 valence electrons. The number of nitrogens with zero attached hydrogens (tertiary/aromatic N) is 6. The fourth-order valence-electron chi connectivity index (χ4n) is 1.36. The van der Waals surface area contributed by atoms with Crippen molar-refractivity contribution in [1.82, 2.24) is 28.7 Å². The van der Waals surface area contributed by atoms with E-state index < -0.39 is 14.5 Å². The molecule has 0 atom stereocenters. The van der Waals surface area contributed by atoms with Crippen LogP contribution in [0, 0.1) is 0 Å². The first-order valence-corrected chi connectivity index (χ1v) is 9.19. The molecule has 0 aliphatic rings. The Balaban J connectivity index is -0.000000350. The van der Waals surface area contributed by atoms with E-state index in [1.54, 1.807) is 37.6 Å². The molecule has 0 unspecified atom stereocenters. The third-order valence-electron chi connectivity index (χ3n) is 2.58. The largest absolute Gasteiger partial charge is 2.00 e. The maximum Gasteiger partial charge on any atom is 2.00 e. The zero-order valence-electron chi connectivity index (χ0n) is 18.9. The fraction of sp³-hybridized carbons (Fsp3) is 0.167. The maximum absolute atomic E-state index is 9.75. The smallest absolute Gasteiger partial charge is 0.418 e. The minimum absolute atomic E-state index is 0. The van der Waals surface area contributed by atoms with Crippen molar-refractivity contribution in [3.63, 3.8) is 0 Å². The van der Waals surface area contributed by atoms with Gasteiger partial charge >= 0.3 is 34.0 Å². The molecule has 0 amide bonds. The van der Waals surface area contributed by atoms with Crippen LogP contribution in [0.1, 0.15) is 0 Å². The first-order chi connectivity index (χ1) is 15.7. The van der Waals surface area contributed by atoms with Gasteiger partial charge in [-0.1, -0.05) is 36.4 Å². The van der Waals surface area contributed by atoms with Crippen molar-refractivity contribution in [3.05, 3.63) is 92.6 Å². The zero-order valence-corrected chi connectivity index (χ0v) is 20.6. The predicted molar refractivity (Wildman–Crippen MR) is 116 cm³/mol. The molecule has 0 saturated heterocycles. The Morgan fingerprint density at radius 2 is 0.629 bits per heavy atom. The van der Waals surface area contributed by atoms with E-state index in [0.29, 0.717) is 0 Å². The molecule has 6 nitrogen and oxygen atoms in total. The Hall–Kier alpha value is -2.96.